The molecule has 0 bridgehead atoms. The van der Waals surface area contributed by atoms with Crippen molar-refractivity contribution in [2.24, 2.45) is 5.73 Å². The average Bonchev–Trinajstić information content (AvgIpc) is 3.03. The predicted octanol–water partition coefficient (Wildman–Crippen LogP) is 4.05. The highest BCUT2D eigenvalue weighted by Gasteiger charge is 2.23. The Morgan fingerprint density at radius 3 is 2.65 bits per heavy atom. The van der Waals surface area contributed by atoms with E-state index in [1.54, 1.807) is 30.3 Å². The van der Waals surface area contributed by atoms with Crippen LogP contribution in [0.5, 0.6) is 11.5 Å². The molecule has 3 rings (SSSR count). The highest BCUT2D eigenvalue weighted by molar-refractivity contribution is 7.20. The Kier molecular flexibility index (Phi) is 5.01. The Balaban J connectivity index is 1.93. The normalized spacial score (nSPS) is 11.9. The zero-order chi connectivity index (χ0) is 18.8. The summed E-state index contributed by atoms with van der Waals surface area (Å²) in [5.74, 6) is -0.294. The van der Waals surface area contributed by atoms with Gasteiger partial charge in [0.25, 0.3) is 0 Å². The summed E-state index contributed by atoms with van der Waals surface area (Å²) >= 11 is 7.43. The minimum absolute atomic E-state index is 0.00930. The van der Waals surface area contributed by atoms with Gasteiger partial charge in [0.1, 0.15) is 17.3 Å². The summed E-state index contributed by atoms with van der Waals surface area (Å²) in [5, 5.41) is 18.3. The van der Waals surface area contributed by atoms with E-state index >= 15 is 0 Å². The molecule has 1 unspecified atom stereocenters. The van der Waals surface area contributed by atoms with Gasteiger partial charge in [-0.25, -0.2) is 4.79 Å². The van der Waals surface area contributed by atoms with E-state index in [0.717, 1.165) is 10.1 Å². The molecule has 0 saturated heterocycles. The van der Waals surface area contributed by atoms with Crippen molar-refractivity contribution in [3.63, 3.8) is 0 Å². The Morgan fingerprint density at radius 2 is 2.04 bits per heavy atom. The Morgan fingerprint density at radius 1 is 1.27 bits per heavy atom. The number of carboxylic acid groups (broad SMARTS) is 1. The lowest BCUT2D eigenvalue weighted by Crippen LogP contribution is -2.18. The van der Waals surface area contributed by atoms with Crippen molar-refractivity contribution >= 4 is 44.8 Å². The van der Waals surface area contributed by atoms with Crippen LogP contribution in [-0.2, 0) is 4.79 Å². The fraction of sp³-hybridized carbons (Fsp3) is 0.111. The van der Waals surface area contributed by atoms with Crippen molar-refractivity contribution in [3.05, 3.63) is 57.9 Å². The summed E-state index contributed by atoms with van der Waals surface area (Å²) < 4.78 is 11.6. The molecule has 3 aromatic rings. The quantitative estimate of drug-likeness (QED) is 0.435. The Bertz CT molecular complexity index is 1000. The standard InChI is InChI=1S/C18H15ClN2O4S/c1-24-13-5-3-10(6-12(13)19)16(18(22)23)25-11-4-2-9-7-15(17(20)21)26-14(9)8-11/h2-8,16H,1H3,(H3,20,21)(H,22,23). The molecule has 8 heteroatoms. The molecular weight excluding hydrogens is 376 g/mol. The lowest BCUT2D eigenvalue weighted by Gasteiger charge is -2.16. The zero-order valence-electron chi connectivity index (χ0n) is 13.7. The molecule has 0 aliphatic carbocycles. The van der Waals surface area contributed by atoms with Crippen LogP contribution in [0.4, 0.5) is 0 Å². The predicted molar refractivity (Wildman–Crippen MR) is 102 cm³/mol. The van der Waals surface area contributed by atoms with Crippen LogP contribution >= 0.6 is 22.9 Å². The van der Waals surface area contributed by atoms with E-state index in [0.29, 0.717) is 27.0 Å². The second-order valence-corrected chi connectivity index (χ2v) is 6.95. The lowest BCUT2D eigenvalue weighted by molar-refractivity contribution is -0.145. The third-order valence-corrected chi connectivity index (χ3v) is 5.14. The van der Waals surface area contributed by atoms with Gasteiger partial charge in [-0.3, -0.25) is 5.41 Å². The molecule has 0 amide bonds. The largest absolute Gasteiger partial charge is 0.495 e. The van der Waals surface area contributed by atoms with Gasteiger partial charge >= 0.3 is 5.97 Å². The SMILES string of the molecule is COc1ccc(C(Oc2ccc3cc(C(=N)N)sc3c2)C(=O)O)cc1Cl. The van der Waals surface area contributed by atoms with Crippen LogP contribution in [0.3, 0.4) is 0 Å². The van der Waals surface area contributed by atoms with Crippen LogP contribution in [0.2, 0.25) is 5.02 Å². The smallest absolute Gasteiger partial charge is 0.349 e. The topological polar surface area (TPSA) is 106 Å². The van der Waals surface area contributed by atoms with Crippen LogP contribution in [0.15, 0.2) is 42.5 Å². The van der Waals surface area contributed by atoms with E-state index < -0.39 is 12.1 Å². The number of halogens is 1. The van der Waals surface area contributed by atoms with Crippen molar-refractivity contribution in [2.75, 3.05) is 7.11 Å². The third-order valence-electron chi connectivity index (χ3n) is 3.71. The first-order valence-corrected chi connectivity index (χ1v) is 8.69. The number of aliphatic carboxylic acids is 1. The molecule has 0 saturated carbocycles. The third kappa shape index (κ3) is 3.58. The number of ether oxygens (including phenoxy) is 2. The summed E-state index contributed by atoms with van der Waals surface area (Å²) in [6.07, 6.45) is -1.22. The van der Waals surface area contributed by atoms with Crippen LogP contribution in [-0.4, -0.2) is 24.0 Å². The first-order valence-electron chi connectivity index (χ1n) is 7.50. The molecule has 1 atom stereocenters. The minimum Gasteiger partial charge on any atom is -0.495 e. The highest BCUT2D eigenvalue weighted by Crippen LogP contribution is 2.33. The number of nitrogens with two attached hydrogens (primary N) is 1. The number of amidine groups is 1. The molecule has 0 radical (unpaired) electrons. The van der Waals surface area contributed by atoms with Gasteiger partial charge in [0.05, 0.1) is 17.0 Å². The Labute approximate surface area is 158 Å². The van der Waals surface area contributed by atoms with Gasteiger partial charge in [-0.2, -0.15) is 0 Å². The van der Waals surface area contributed by atoms with Crippen LogP contribution < -0.4 is 15.2 Å². The molecule has 26 heavy (non-hydrogen) atoms. The second-order valence-electron chi connectivity index (χ2n) is 5.45. The number of nitrogens with one attached hydrogen (secondary N) is 1. The molecule has 0 spiro atoms. The van der Waals surface area contributed by atoms with E-state index in [4.69, 9.17) is 32.2 Å². The highest BCUT2D eigenvalue weighted by atomic mass is 35.5. The molecule has 0 aliphatic rings. The van der Waals surface area contributed by atoms with Crippen molar-refractivity contribution < 1.29 is 19.4 Å². The summed E-state index contributed by atoms with van der Waals surface area (Å²) in [5.41, 5.74) is 5.91. The number of rotatable bonds is 6. The number of fused-ring (bicyclic) bond motifs is 1. The van der Waals surface area contributed by atoms with Gasteiger partial charge in [-0.15, -0.1) is 11.3 Å². The van der Waals surface area contributed by atoms with Crippen molar-refractivity contribution in [2.45, 2.75) is 6.10 Å². The molecule has 0 fully saturated rings. The second kappa shape index (κ2) is 7.23. The number of nitrogen functional groups attached to an aromatic ring is 1. The number of carboxylic acids is 1. The maximum absolute atomic E-state index is 11.7. The maximum Gasteiger partial charge on any atom is 0.349 e. The first kappa shape index (κ1) is 18.0. The van der Waals surface area contributed by atoms with Gasteiger partial charge in [0.2, 0.25) is 6.10 Å². The fourth-order valence-corrected chi connectivity index (χ4v) is 3.68. The van der Waals surface area contributed by atoms with Gasteiger partial charge in [0.15, 0.2) is 0 Å². The van der Waals surface area contributed by atoms with Crippen molar-refractivity contribution in [1.82, 2.24) is 0 Å². The van der Waals surface area contributed by atoms with E-state index in [-0.39, 0.29) is 5.84 Å². The number of hydrogen-bond acceptors (Lipinski definition) is 5. The van der Waals surface area contributed by atoms with E-state index in [2.05, 4.69) is 0 Å². The average molecular weight is 391 g/mol. The molecule has 0 aliphatic heterocycles. The summed E-state index contributed by atoms with van der Waals surface area (Å²) in [4.78, 5) is 12.3. The van der Waals surface area contributed by atoms with Crippen LogP contribution in [0, 0.1) is 5.41 Å². The molecule has 6 nitrogen and oxygen atoms in total. The van der Waals surface area contributed by atoms with Gasteiger partial charge in [0, 0.05) is 10.3 Å². The maximum atomic E-state index is 11.7. The number of hydrogen-bond donors (Lipinski definition) is 3. The molecular formula is C18H15ClN2O4S. The molecule has 1 heterocycles. The first-order chi connectivity index (χ1) is 12.4. The number of methoxy groups -OCH3 is 1. The van der Waals surface area contributed by atoms with Gasteiger partial charge in [-0.1, -0.05) is 17.7 Å². The number of carbonyl (C=O) groups is 1. The minimum atomic E-state index is -1.22. The summed E-state index contributed by atoms with van der Waals surface area (Å²) in [7, 11) is 1.48. The summed E-state index contributed by atoms with van der Waals surface area (Å²) in [6, 6.07) is 11.7. The zero-order valence-corrected chi connectivity index (χ0v) is 15.2. The molecule has 2 aromatic carbocycles. The van der Waals surface area contributed by atoms with Crippen molar-refractivity contribution in [3.8, 4) is 11.5 Å². The number of benzene rings is 2. The van der Waals surface area contributed by atoms with Gasteiger partial charge < -0.3 is 20.3 Å². The van der Waals surface area contributed by atoms with E-state index in [1.165, 1.54) is 24.5 Å². The Hall–Kier alpha value is -2.77. The van der Waals surface area contributed by atoms with E-state index in [9.17, 15) is 9.90 Å². The van der Waals surface area contributed by atoms with Crippen molar-refractivity contribution in [1.29, 1.82) is 5.41 Å². The molecule has 134 valence electrons. The monoisotopic (exact) mass is 390 g/mol. The van der Waals surface area contributed by atoms with Gasteiger partial charge in [-0.05, 0) is 41.8 Å². The molecule has 4 N–H and O–H groups in total. The van der Waals surface area contributed by atoms with Crippen LogP contribution in [0.1, 0.15) is 16.5 Å². The van der Waals surface area contributed by atoms with E-state index in [1.807, 2.05) is 6.07 Å². The van der Waals surface area contributed by atoms with Crippen LogP contribution in [0.25, 0.3) is 10.1 Å². The molecule has 1 aromatic heterocycles. The fourth-order valence-electron chi connectivity index (χ4n) is 2.46. The number of thiophene rings is 1. The summed E-state index contributed by atoms with van der Waals surface area (Å²) in [6.45, 7) is 0. The lowest BCUT2D eigenvalue weighted by atomic mass is 10.1.